The van der Waals surface area contributed by atoms with E-state index in [0.717, 1.165) is 45.2 Å². The number of benzene rings is 2. The van der Waals surface area contributed by atoms with Crippen LogP contribution in [-0.2, 0) is 16.1 Å². The van der Waals surface area contributed by atoms with Crippen LogP contribution in [0.25, 0.3) is 0 Å². The van der Waals surface area contributed by atoms with E-state index in [0.29, 0.717) is 25.5 Å². The number of halogens is 4. The summed E-state index contributed by atoms with van der Waals surface area (Å²) in [5, 5.41) is 13.2. The molecule has 0 spiro atoms. The van der Waals surface area contributed by atoms with Crippen LogP contribution in [0, 0.1) is 11.6 Å². The third kappa shape index (κ3) is 10.7. The number of carbonyl (C=O) groups is 1. The smallest absolute Gasteiger partial charge is 0.410 e. The van der Waals surface area contributed by atoms with Gasteiger partial charge in [0.1, 0.15) is 24.0 Å². The molecule has 0 aromatic heterocycles. The Bertz CT molecular complexity index is 1020. The molecule has 1 unspecified atom stereocenters. The first-order valence-corrected chi connectivity index (χ1v) is 14.5. The molecule has 1 fully saturated rings. The largest absolute Gasteiger partial charge is 0.493 e. The molecule has 7 nitrogen and oxygen atoms in total. The average molecular weight is 606 g/mol. The van der Waals surface area contributed by atoms with Gasteiger partial charge in [-0.1, -0.05) is 62.9 Å². The summed E-state index contributed by atoms with van der Waals surface area (Å²) in [6.45, 7) is 8.84. The highest BCUT2D eigenvalue weighted by atomic mass is 35.5. The Kier molecular flexibility index (Phi) is 15.6. The highest BCUT2D eigenvalue weighted by Gasteiger charge is 2.27. The maximum absolute atomic E-state index is 14.3. The number of hydrogen-bond donors (Lipinski definition) is 2. The number of ether oxygens (including phenoxy) is 3. The Hall–Kier alpha value is -2.17. The fourth-order valence-electron chi connectivity index (χ4n) is 3.89. The van der Waals surface area contributed by atoms with E-state index in [2.05, 4.69) is 12.2 Å². The molecule has 0 aliphatic carbocycles. The topological polar surface area (TPSA) is 80.3 Å². The van der Waals surface area contributed by atoms with E-state index < -0.39 is 24.0 Å². The van der Waals surface area contributed by atoms with Crippen molar-refractivity contribution >= 4 is 29.3 Å². The minimum Gasteiger partial charge on any atom is -0.493 e. The minimum atomic E-state index is -1.29. The highest BCUT2D eigenvalue weighted by Crippen LogP contribution is 2.28. The van der Waals surface area contributed by atoms with Crippen LogP contribution in [0.3, 0.4) is 0 Å². The summed E-state index contributed by atoms with van der Waals surface area (Å²) in [6, 6.07) is 7.18. The second kappa shape index (κ2) is 18.3. The van der Waals surface area contributed by atoms with Crippen LogP contribution >= 0.6 is 23.2 Å². The predicted octanol–water partition coefficient (Wildman–Crippen LogP) is 7.27. The standard InChI is InChI=1S/C18H26ClFN2O3.C11H14ClFO2/c1-3-5-8-24-14-9-16(19)15(17(20)10-14)12-25-18(23)22-7-6-21-11-13(22)4-2;1-2-3-7-15-11(14)10-8(12)5-4-6-9(10)13/h9-10,13,21H,3-8,11-12H2,1-2H3;4-6,11,14H,2-3,7H2,1H3/t13-;/m1./s1. The van der Waals surface area contributed by atoms with Gasteiger partial charge in [-0.25, -0.2) is 13.6 Å². The third-order valence-corrected chi connectivity index (χ3v) is 6.96. The first kappa shape index (κ1) is 34.0. The summed E-state index contributed by atoms with van der Waals surface area (Å²) in [4.78, 5) is 14.0. The monoisotopic (exact) mass is 604 g/mol. The van der Waals surface area contributed by atoms with E-state index in [4.69, 9.17) is 37.4 Å². The Morgan fingerprint density at radius 1 is 1.10 bits per heavy atom. The lowest BCUT2D eigenvalue weighted by atomic mass is 10.1. The number of carbonyl (C=O) groups excluding carboxylic acids is 1. The van der Waals surface area contributed by atoms with Crippen molar-refractivity contribution in [2.45, 2.75) is 71.8 Å². The maximum Gasteiger partial charge on any atom is 0.410 e. The van der Waals surface area contributed by atoms with Crippen LogP contribution in [0.4, 0.5) is 13.6 Å². The van der Waals surface area contributed by atoms with Crippen molar-refractivity contribution in [1.29, 1.82) is 0 Å². The van der Waals surface area contributed by atoms with Crippen LogP contribution in [0.1, 0.15) is 70.3 Å². The van der Waals surface area contributed by atoms with Crippen LogP contribution in [0.5, 0.6) is 5.75 Å². The van der Waals surface area contributed by atoms with Crippen LogP contribution in [0.2, 0.25) is 10.0 Å². The van der Waals surface area contributed by atoms with Crippen molar-refractivity contribution in [3.05, 3.63) is 63.1 Å². The zero-order valence-corrected chi connectivity index (χ0v) is 24.9. The molecule has 224 valence electrons. The van der Waals surface area contributed by atoms with Crippen molar-refractivity contribution in [3.63, 3.8) is 0 Å². The van der Waals surface area contributed by atoms with Crippen LogP contribution in [-0.4, -0.2) is 55.0 Å². The summed E-state index contributed by atoms with van der Waals surface area (Å²) < 4.78 is 43.4. The van der Waals surface area contributed by atoms with Gasteiger partial charge in [0, 0.05) is 37.3 Å². The molecule has 2 atom stereocenters. The van der Waals surface area contributed by atoms with Crippen molar-refractivity contribution in [3.8, 4) is 5.75 Å². The number of aliphatic hydroxyl groups is 1. The Balaban J connectivity index is 0.000000319. The van der Waals surface area contributed by atoms with Gasteiger partial charge >= 0.3 is 6.09 Å². The molecule has 0 saturated carbocycles. The lowest BCUT2D eigenvalue weighted by Gasteiger charge is -2.34. The van der Waals surface area contributed by atoms with E-state index in [9.17, 15) is 18.7 Å². The fraction of sp³-hybridized carbons (Fsp3) is 0.552. The van der Waals surface area contributed by atoms with Crippen LogP contribution < -0.4 is 10.1 Å². The van der Waals surface area contributed by atoms with Crippen molar-refractivity contribution in [1.82, 2.24) is 10.2 Å². The number of nitrogens with one attached hydrogen (secondary N) is 1. The molecule has 40 heavy (non-hydrogen) atoms. The van der Waals surface area contributed by atoms with Crippen molar-refractivity contribution in [2.24, 2.45) is 0 Å². The SMILES string of the molecule is CCCCOC(O)c1c(F)cccc1Cl.CCCCOc1cc(F)c(COC(=O)N2CCNC[C@H]2CC)c(Cl)c1. The lowest BCUT2D eigenvalue weighted by Crippen LogP contribution is -2.53. The molecule has 3 rings (SSSR count). The van der Waals surface area contributed by atoms with Gasteiger partial charge in [-0.05, 0) is 37.5 Å². The molecule has 0 radical (unpaired) electrons. The minimum absolute atomic E-state index is 0.00951. The van der Waals surface area contributed by atoms with Gasteiger partial charge in [0.05, 0.1) is 28.8 Å². The normalized spacial score (nSPS) is 15.7. The van der Waals surface area contributed by atoms with Crippen molar-refractivity contribution < 1.29 is 32.9 Å². The molecule has 2 N–H and O–H groups in total. The number of unbranched alkanes of at least 4 members (excludes halogenated alkanes) is 2. The summed E-state index contributed by atoms with van der Waals surface area (Å²) in [5.74, 6) is -0.690. The molecule has 1 aliphatic heterocycles. The molecule has 1 aliphatic rings. The number of nitrogens with zero attached hydrogens (tertiary/aromatic N) is 1. The fourth-order valence-corrected chi connectivity index (χ4v) is 4.40. The van der Waals surface area contributed by atoms with E-state index in [1.54, 1.807) is 11.0 Å². The van der Waals surface area contributed by atoms with Gasteiger partial charge in [-0.15, -0.1) is 0 Å². The Morgan fingerprint density at radius 2 is 1.82 bits per heavy atom. The molecule has 11 heteroatoms. The molecule has 1 saturated heterocycles. The maximum atomic E-state index is 14.3. The van der Waals surface area contributed by atoms with Crippen LogP contribution in [0.15, 0.2) is 30.3 Å². The summed E-state index contributed by atoms with van der Waals surface area (Å²) in [5.41, 5.74) is 0.177. The Morgan fingerprint density at radius 3 is 2.48 bits per heavy atom. The third-order valence-electron chi connectivity index (χ3n) is 6.30. The van der Waals surface area contributed by atoms with E-state index >= 15 is 0 Å². The van der Waals surface area contributed by atoms with Gasteiger partial charge in [-0.3, -0.25) is 0 Å². The highest BCUT2D eigenvalue weighted by molar-refractivity contribution is 6.31. The number of hydrogen-bond acceptors (Lipinski definition) is 6. The molecular weight excluding hydrogens is 565 g/mol. The lowest BCUT2D eigenvalue weighted by molar-refractivity contribution is -0.105. The van der Waals surface area contributed by atoms with Gasteiger partial charge in [0.15, 0.2) is 6.29 Å². The number of amides is 1. The van der Waals surface area contributed by atoms with Gasteiger partial charge in [0.25, 0.3) is 0 Å². The molecule has 0 bridgehead atoms. The number of rotatable bonds is 12. The van der Waals surface area contributed by atoms with E-state index in [1.165, 1.54) is 24.3 Å². The molecule has 2 aromatic rings. The molecular formula is C29H40Cl2F2N2O5. The zero-order chi connectivity index (χ0) is 29.5. The second-order valence-electron chi connectivity index (χ2n) is 9.29. The van der Waals surface area contributed by atoms with Gasteiger partial charge in [-0.2, -0.15) is 0 Å². The zero-order valence-electron chi connectivity index (χ0n) is 23.4. The Labute approximate surface area is 245 Å². The second-order valence-corrected chi connectivity index (χ2v) is 10.1. The van der Waals surface area contributed by atoms with Gasteiger partial charge in [0.2, 0.25) is 0 Å². The number of aliphatic hydroxyl groups excluding tert-OH is 1. The molecule has 1 heterocycles. The van der Waals surface area contributed by atoms with Crippen molar-refractivity contribution in [2.75, 3.05) is 32.8 Å². The van der Waals surface area contributed by atoms with E-state index in [1.807, 2.05) is 13.8 Å². The predicted molar refractivity (Wildman–Crippen MR) is 153 cm³/mol. The molecule has 1 amide bonds. The molecule has 2 aromatic carbocycles. The average Bonchev–Trinajstić information content (AvgIpc) is 2.93. The first-order valence-electron chi connectivity index (χ1n) is 13.7. The summed E-state index contributed by atoms with van der Waals surface area (Å²) in [6.07, 6.45) is 2.77. The van der Waals surface area contributed by atoms with Gasteiger partial charge < -0.3 is 29.5 Å². The summed E-state index contributed by atoms with van der Waals surface area (Å²) >= 11 is 11.9. The van der Waals surface area contributed by atoms with E-state index in [-0.39, 0.29) is 33.8 Å². The number of piperazine rings is 1. The first-order chi connectivity index (χ1) is 19.2. The summed E-state index contributed by atoms with van der Waals surface area (Å²) in [7, 11) is 0. The quantitative estimate of drug-likeness (QED) is 0.196.